The van der Waals surface area contributed by atoms with Crippen molar-refractivity contribution in [1.29, 1.82) is 0 Å². The second kappa shape index (κ2) is 5.82. The van der Waals surface area contributed by atoms with Gasteiger partial charge in [0.15, 0.2) is 5.82 Å². The molecule has 0 N–H and O–H groups in total. The lowest BCUT2D eigenvalue weighted by Crippen LogP contribution is -2.24. The van der Waals surface area contributed by atoms with Gasteiger partial charge in [0.05, 0.1) is 0 Å². The smallest absolute Gasteiger partial charge is 0.275 e. The summed E-state index contributed by atoms with van der Waals surface area (Å²) in [6.07, 6.45) is 3.39. The van der Waals surface area contributed by atoms with Gasteiger partial charge in [0.2, 0.25) is 0 Å². The summed E-state index contributed by atoms with van der Waals surface area (Å²) in [5, 5.41) is 4.31. The van der Waals surface area contributed by atoms with Crippen LogP contribution < -0.4 is 5.69 Å². The normalized spacial score (nSPS) is 9.89. The fraction of sp³-hybridized carbons (Fsp3) is 0.250. The van der Waals surface area contributed by atoms with Crippen molar-refractivity contribution in [3.8, 4) is 21.2 Å². The van der Waals surface area contributed by atoms with E-state index in [0.29, 0.717) is 18.9 Å². The Labute approximate surface area is 118 Å². The predicted molar refractivity (Wildman–Crippen MR) is 77.2 cm³/mol. The molecule has 0 amide bonds. The third-order valence-corrected chi connectivity index (χ3v) is 2.84. The zero-order valence-corrected chi connectivity index (χ0v) is 12.0. The summed E-state index contributed by atoms with van der Waals surface area (Å²) in [5.41, 5.74) is 0.688. The Morgan fingerprint density at radius 3 is 2.94 bits per heavy atom. The molecule has 0 aliphatic carbocycles. The van der Waals surface area contributed by atoms with Crippen LogP contribution in [0.4, 0.5) is 0 Å². The van der Waals surface area contributed by atoms with Gasteiger partial charge in [-0.1, -0.05) is 5.92 Å². The molecule has 92 valence electrons. The quantitative estimate of drug-likeness (QED) is 0.621. The minimum absolute atomic E-state index is 0.143. The molecule has 0 aromatic carbocycles. The molecule has 0 unspecified atom stereocenters. The van der Waals surface area contributed by atoms with Gasteiger partial charge >= 0.3 is 5.69 Å². The van der Waals surface area contributed by atoms with Crippen LogP contribution in [0.5, 0.6) is 0 Å². The van der Waals surface area contributed by atoms with Gasteiger partial charge in [-0.25, -0.2) is 9.48 Å². The monoisotopic (exact) mass is 354 g/mol. The van der Waals surface area contributed by atoms with Gasteiger partial charge < -0.3 is 0 Å². The number of hydrogen-bond acceptors (Lipinski definition) is 3. The lowest BCUT2D eigenvalue weighted by Gasteiger charge is -2.00. The van der Waals surface area contributed by atoms with E-state index in [-0.39, 0.29) is 5.69 Å². The Morgan fingerprint density at radius 1 is 1.50 bits per heavy atom. The maximum Gasteiger partial charge on any atom is 0.347 e. The highest BCUT2D eigenvalue weighted by molar-refractivity contribution is 14.1. The van der Waals surface area contributed by atoms with Gasteiger partial charge in [0.1, 0.15) is 6.54 Å². The Hall–Kier alpha value is -1.62. The van der Waals surface area contributed by atoms with Gasteiger partial charge in [0.25, 0.3) is 0 Å². The first-order chi connectivity index (χ1) is 8.77. The highest BCUT2D eigenvalue weighted by Gasteiger charge is 2.12. The Balaban J connectivity index is 2.53. The number of nitrogens with zero attached hydrogens (tertiary/aromatic N) is 4. The molecule has 0 fully saturated rings. The minimum Gasteiger partial charge on any atom is -0.275 e. The Kier molecular flexibility index (Phi) is 4.15. The van der Waals surface area contributed by atoms with Gasteiger partial charge in [0, 0.05) is 47.1 Å². The third-order valence-electron chi connectivity index (χ3n) is 2.45. The van der Waals surface area contributed by atoms with Gasteiger partial charge in [-0.2, -0.15) is 0 Å². The van der Waals surface area contributed by atoms with Crippen molar-refractivity contribution in [3.63, 3.8) is 0 Å². The van der Waals surface area contributed by atoms with E-state index in [1.54, 1.807) is 17.0 Å². The van der Waals surface area contributed by atoms with Crippen molar-refractivity contribution in [2.45, 2.75) is 20.0 Å². The van der Waals surface area contributed by atoms with Gasteiger partial charge in [-0.3, -0.25) is 9.55 Å². The standard InChI is InChI=1S/C12H11IN4O/c1-2-16-11(10-5-3-7-14-9-10)15-17(12(16)18)8-4-6-13/h3,5,7,9H,2,8H2,1H3. The first kappa shape index (κ1) is 12.8. The van der Waals surface area contributed by atoms with E-state index in [9.17, 15) is 4.79 Å². The highest BCUT2D eigenvalue weighted by Crippen LogP contribution is 2.13. The van der Waals surface area contributed by atoms with Crippen LogP contribution in [0.15, 0.2) is 29.3 Å². The average molecular weight is 354 g/mol. The van der Waals surface area contributed by atoms with E-state index in [1.165, 1.54) is 4.68 Å². The van der Waals surface area contributed by atoms with Crippen molar-refractivity contribution in [2.75, 3.05) is 0 Å². The molecule has 6 heteroatoms. The van der Waals surface area contributed by atoms with Crippen molar-refractivity contribution < 1.29 is 0 Å². The summed E-state index contributed by atoms with van der Waals surface area (Å²) in [7, 11) is 0. The van der Waals surface area contributed by atoms with E-state index in [4.69, 9.17) is 0 Å². The first-order valence-electron chi connectivity index (χ1n) is 5.44. The topological polar surface area (TPSA) is 52.7 Å². The lowest BCUT2D eigenvalue weighted by molar-refractivity contribution is 0.649. The SMILES string of the molecule is CCn1c(-c2cccnc2)nn(CC#CI)c1=O. The van der Waals surface area contributed by atoms with E-state index in [0.717, 1.165) is 5.56 Å². The Bertz CT molecular complexity index is 648. The molecule has 2 heterocycles. The van der Waals surface area contributed by atoms with Crippen molar-refractivity contribution in [3.05, 3.63) is 35.0 Å². The van der Waals surface area contributed by atoms with E-state index < -0.39 is 0 Å². The number of halogens is 1. The number of rotatable bonds is 3. The van der Waals surface area contributed by atoms with Crippen LogP contribution in [-0.4, -0.2) is 19.3 Å². The second-order valence-electron chi connectivity index (χ2n) is 3.52. The maximum atomic E-state index is 12.1. The fourth-order valence-electron chi connectivity index (χ4n) is 1.64. The molecule has 0 saturated heterocycles. The first-order valence-corrected chi connectivity index (χ1v) is 6.52. The fourth-order valence-corrected chi connectivity index (χ4v) is 1.81. The molecule has 18 heavy (non-hydrogen) atoms. The van der Waals surface area contributed by atoms with Crippen molar-refractivity contribution in [1.82, 2.24) is 19.3 Å². The Morgan fingerprint density at radius 2 is 2.33 bits per heavy atom. The summed E-state index contributed by atoms with van der Waals surface area (Å²) in [5.74, 6) is 3.46. The second-order valence-corrected chi connectivity index (χ2v) is 4.06. The maximum absolute atomic E-state index is 12.1. The molecular formula is C12H11IN4O. The summed E-state index contributed by atoms with van der Waals surface area (Å²) in [6, 6.07) is 3.71. The molecule has 0 bridgehead atoms. The molecule has 0 spiro atoms. The van der Waals surface area contributed by atoms with Gasteiger partial charge in [-0.15, -0.1) is 5.10 Å². The van der Waals surface area contributed by atoms with Crippen molar-refractivity contribution in [2.24, 2.45) is 0 Å². The zero-order chi connectivity index (χ0) is 13.0. The summed E-state index contributed by atoms with van der Waals surface area (Å²) in [6.45, 7) is 2.79. The largest absolute Gasteiger partial charge is 0.347 e. The molecule has 0 radical (unpaired) electrons. The van der Waals surface area contributed by atoms with E-state index in [2.05, 4.69) is 19.9 Å². The van der Waals surface area contributed by atoms with E-state index >= 15 is 0 Å². The molecular weight excluding hydrogens is 343 g/mol. The van der Waals surface area contributed by atoms with E-state index in [1.807, 2.05) is 41.6 Å². The van der Waals surface area contributed by atoms with Crippen LogP contribution in [0.3, 0.4) is 0 Å². The highest BCUT2D eigenvalue weighted by atomic mass is 127. The van der Waals surface area contributed by atoms with Crippen LogP contribution in [-0.2, 0) is 13.1 Å². The summed E-state index contributed by atoms with van der Waals surface area (Å²) in [4.78, 5) is 16.1. The van der Waals surface area contributed by atoms with Crippen LogP contribution in [0, 0.1) is 9.85 Å². The molecule has 0 saturated carbocycles. The van der Waals surface area contributed by atoms with Gasteiger partial charge in [-0.05, 0) is 23.0 Å². The van der Waals surface area contributed by atoms with Crippen molar-refractivity contribution >= 4 is 22.6 Å². The van der Waals surface area contributed by atoms with Crippen LogP contribution in [0.2, 0.25) is 0 Å². The molecule has 2 rings (SSSR count). The molecule has 2 aromatic heterocycles. The van der Waals surface area contributed by atoms with Crippen LogP contribution >= 0.6 is 22.6 Å². The molecule has 5 nitrogen and oxygen atoms in total. The number of hydrogen-bond donors (Lipinski definition) is 0. The van der Waals surface area contributed by atoms with Crippen LogP contribution in [0.25, 0.3) is 11.4 Å². The minimum atomic E-state index is -0.143. The zero-order valence-electron chi connectivity index (χ0n) is 9.80. The van der Waals surface area contributed by atoms with Crippen LogP contribution in [0.1, 0.15) is 6.92 Å². The molecule has 0 atom stereocenters. The average Bonchev–Trinajstić information content (AvgIpc) is 2.74. The molecule has 0 aliphatic rings. The number of pyridine rings is 1. The summed E-state index contributed by atoms with van der Waals surface area (Å²) < 4.78 is 5.72. The molecule has 2 aromatic rings. The molecule has 0 aliphatic heterocycles. The predicted octanol–water partition coefficient (Wildman–Crippen LogP) is 1.52. The summed E-state index contributed by atoms with van der Waals surface area (Å²) >= 11 is 1.94. The lowest BCUT2D eigenvalue weighted by atomic mass is 10.3. The third kappa shape index (κ3) is 2.46. The number of aromatic nitrogens is 4.